The molecule has 0 aliphatic carbocycles. The summed E-state index contributed by atoms with van der Waals surface area (Å²) in [6, 6.07) is 8.52. The molecule has 114 valence electrons. The maximum absolute atomic E-state index is 4.54. The zero-order chi connectivity index (χ0) is 15.6. The van der Waals surface area contributed by atoms with Gasteiger partial charge >= 0.3 is 0 Å². The van der Waals surface area contributed by atoms with Gasteiger partial charge < -0.3 is 5.32 Å². The van der Waals surface area contributed by atoms with Crippen LogP contribution in [-0.2, 0) is 18.5 Å². The summed E-state index contributed by atoms with van der Waals surface area (Å²) in [6.45, 7) is 12.5. The van der Waals surface area contributed by atoms with Crippen molar-refractivity contribution in [1.29, 1.82) is 0 Å². The first-order chi connectivity index (χ1) is 9.84. The number of nitrogens with one attached hydrogen (secondary N) is 1. The Kier molecular flexibility index (Phi) is 4.77. The van der Waals surface area contributed by atoms with Crippen molar-refractivity contribution >= 4 is 21.6 Å². The Balaban J connectivity index is 2.26. The monoisotopic (exact) mass is 349 g/mol. The Bertz CT molecular complexity index is 623. The lowest BCUT2D eigenvalue weighted by atomic mass is 9.86. The smallest absolute Gasteiger partial charge is 0.0739 e. The largest absolute Gasteiger partial charge is 0.379 e. The molecule has 2 aromatic rings. The lowest BCUT2D eigenvalue weighted by Crippen LogP contribution is -2.16. The van der Waals surface area contributed by atoms with E-state index in [1.807, 2.05) is 11.6 Å². The van der Waals surface area contributed by atoms with Gasteiger partial charge in [-0.3, -0.25) is 4.68 Å². The first-order valence-corrected chi connectivity index (χ1v) is 8.19. The highest BCUT2D eigenvalue weighted by Crippen LogP contribution is 2.30. The van der Waals surface area contributed by atoms with E-state index in [-0.39, 0.29) is 5.41 Å². The second-order valence-corrected chi connectivity index (χ2v) is 7.10. The van der Waals surface area contributed by atoms with Crippen LogP contribution in [-0.4, -0.2) is 9.78 Å². The molecule has 0 spiro atoms. The highest BCUT2D eigenvalue weighted by atomic mass is 79.9. The highest BCUT2D eigenvalue weighted by Gasteiger charge is 2.18. The molecule has 0 unspecified atom stereocenters. The molecule has 0 saturated carbocycles. The first-order valence-electron chi connectivity index (χ1n) is 7.39. The van der Waals surface area contributed by atoms with Gasteiger partial charge in [-0.05, 0) is 46.8 Å². The fraction of sp³-hybridized carbons (Fsp3) is 0.471. The van der Waals surface area contributed by atoms with E-state index < -0.39 is 0 Å². The quantitative estimate of drug-likeness (QED) is 0.851. The molecule has 0 aliphatic heterocycles. The van der Waals surface area contributed by atoms with E-state index in [9.17, 15) is 0 Å². The Morgan fingerprint density at radius 2 is 1.90 bits per heavy atom. The molecule has 0 aliphatic rings. The van der Waals surface area contributed by atoms with E-state index in [0.717, 1.165) is 23.3 Å². The van der Waals surface area contributed by atoms with Gasteiger partial charge in [-0.1, -0.05) is 39.0 Å². The summed E-state index contributed by atoms with van der Waals surface area (Å²) in [6.07, 6.45) is 0. The number of nitrogens with zero attached hydrogens (tertiary/aromatic N) is 2. The topological polar surface area (TPSA) is 29.9 Å². The number of benzene rings is 1. The standard InChI is InChI=1S/C17H24BrN3/c1-6-21-15(16(18)12(2)20-21)11-19-14-10-8-7-9-13(14)17(3,4)5/h7-10,19H,6,11H2,1-5H3. The summed E-state index contributed by atoms with van der Waals surface area (Å²) >= 11 is 3.65. The predicted octanol–water partition coefficient (Wildman–Crippen LogP) is 4.88. The van der Waals surface area contributed by atoms with Crippen LogP contribution in [0.5, 0.6) is 0 Å². The van der Waals surface area contributed by atoms with Crippen molar-refractivity contribution in [1.82, 2.24) is 9.78 Å². The Hall–Kier alpha value is -1.29. The van der Waals surface area contributed by atoms with Gasteiger partial charge in [0, 0.05) is 12.2 Å². The first kappa shape index (κ1) is 16.1. The molecule has 4 heteroatoms. The fourth-order valence-electron chi connectivity index (χ4n) is 2.51. The summed E-state index contributed by atoms with van der Waals surface area (Å²) < 4.78 is 3.15. The van der Waals surface area contributed by atoms with Gasteiger partial charge in [-0.25, -0.2) is 0 Å². The predicted molar refractivity (Wildman–Crippen MR) is 92.8 cm³/mol. The molecule has 1 aromatic carbocycles. The summed E-state index contributed by atoms with van der Waals surface area (Å²) in [5.41, 5.74) is 4.89. The number of hydrogen-bond acceptors (Lipinski definition) is 2. The summed E-state index contributed by atoms with van der Waals surface area (Å²) in [7, 11) is 0. The van der Waals surface area contributed by atoms with Crippen LogP contribution in [0.3, 0.4) is 0 Å². The third-order valence-electron chi connectivity index (χ3n) is 3.63. The van der Waals surface area contributed by atoms with Gasteiger partial charge in [-0.15, -0.1) is 0 Å². The Labute approximate surface area is 135 Å². The number of rotatable bonds is 4. The Morgan fingerprint density at radius 1 is 1.24 bits per heavy atom. The number of para-hydroxylation sites is 1. The van der Waals surface area contributed by atoms with E-state index in [0.29, 0.717) is 0 Å². The molecular weight excluding hydrogens is 326 g/mol. The van der Waals surface area contributed by atoms with Gasteiger partial charge in [0.1, 0.15) is 0 Å². The average Bonchev–Trinajstić information content (AvgIpc) is 2.71. The molecule has 0 amide bonds. The van der Waals surface area contributed by atoms with E-state index in [4.69, 9.17) is 0 Å². The van der Waals surface area contributed by atoms with Gasteiger partial charge in [-0.2, -0.15) is 5.10 Å². The second kappa shape index (κ2) is 6.22. The van der Waals surface area contributed by atoms with Crippen LogP contribution >= 0.6 is 15.9 Å². The van der Waals surface area contributed by atoms with Crippen molar-refractivity contribution in [3.05, 3.63) is 45.7 Å². The van der Waals surface area contributed by atoms with E-state index >= 15 is 0 Å². The van der Waals surface area contributed by atoms with Crippen LogP contribution in [0.1, 0.15) is 44.6 Å². The third kappa shape index (κ3) is 3.49. The molecule has 0 atom stereocenters. The fourth-order valence-corrected chi connectivity index (χ4v) is 2.93. The zero-order valence-electron chi connectivity index (χ0n) is 13.5. The molecule has 0 saturated heterocycles. The minimum absolute atomic E-state index is 0.127. The van der Waals surface area contributed by atoms with E-state index in [1.165, 1.54) is 16.9 Å². The normalized spacial score (nSPS) is 11.7. The van der Waals surface area contributed by atoms with Crippen molar-refractivity contribution in [2.24, 2.45) is 0 Å². The minimum atomic E-state index is 0.127. The van der Waals surface area contributed by atoms with Crippen LogP contribution in [0, 0.1) is 6.92 Å². The number of hydrogen-bond donors (Lipinski definition) is 1. The van der Waals surface area contributed by atoms with Crippen molar-refractivity contribution in [3.8, 4) is 0 Å². The molecule has 0 bridgehead atoms. The maximum atomic E-state index is 4.54. The minimum Gasteiger partial charge on any atom is -0.379 e. The molecule has 0 radical (unpaired) electrons. The number of halogens is 1. The van der Waals surface area contributed by atoms with E-state index in [1.54, 1.807) is 0 Å². The van der Waals surface area contributed by atoms with Crippen LogP contribution in [0.25, 0.3) is 0 Å². The lowest BCUT2D eigenvalue weighted by Gasteiger charge is -2.23. The average molecular weight is 350 g/mol. The van der Waals surface area contributed by atoms with Gasteiger partial charge in [0.2, 0.25) is 0 Å². The number of aromatic nitrogens is 2. The second-order valence-electron chi connectivity index (χ2n) is 6.31. The van der Waals surface area contributed by atoms with Gasteiger partial charge in [0.05, 0.1) is 22.4 Å². The molecule has 1 N–H and O–H groups in total. The number of aryl methyl sites for hydroxylation is 2. The van der Waals surface area contributed by atoms with Crippen molar-refractivity contribution in [2.75, 3.05) is 5.32 Å². The molecule has 21 heavy (non-hydrogen) atoms. The van der Waals surface area contributed by atoms with Crippen LogP contribution in [0.15, 0.2) is 28.7 Å². The molecule has 2 rings (SSSR count). The maximum Gasteiger partial charge on any atom is 0.0739 e. The third-order valence-corrected chi connectivity index (χ3v) is 4.67. The van der Waals surface area contributed by atoms with Crippen molar-refractivity contribution < 1.29 is 0 Å². The summed E-state index contributed by atoms with van der Waals surface area (Å²) in [4.78, 5) is 0. The van der Waals surface area contributed by atoms with Crippen LogP contribution in [0.4, 0.5) is 5.69 Å². The molecule has 0 fully saturated rings. The lowest BCUT2D eigenvalue weighted by molar-refractivity contribution is 0.590. The highest BCUT2D eigenvalue weighted by molar-refractivity contribution is 9.10. The van der Waals surface area contributed by atoms with Crippen LogP contribution < -0.4 is 5.32 Å². The van der Waals surface area contributed by atoms with Crippen molar-refractivity contribution in [3.63, 3.8) is 0 Å². The molecule has 3 nitrogen and oxygen atoms in total. The van der Waals surface area contributed by atoms with Crippen molar-refractivity contribution in [2.45, 2.75) is 53.1 Å². The molecular formula is C17H24BrN3. The molecule has 1 aromatic heterocycles. The number of anilines is 1. The van der Waals surface area contributed by atoms with Gasteiger partial charge in [0.25, 0.3) is 0 Å². The SMILES string of the molecule is CCn1nc(C)c(Br)c1CNc1ccccc1C(C)(C)C. The zero-order valence-corrected chi connectivity index (χ0v) is 15.1. The van der Waals surface area contributed by atoms with Gasteiger partial charge in [0.15, 0.2) is 0 Å². The Morgan fingerprint density at radius 3 is 2.52 bits per heavy atom. The molecule has 1 heterocycles. The van der Waals surface area contributed by atoms with Crippen LogP contribution in [0.2, 0.25) is 0 Å². The summed E-state index contributed by atoms with van der Waals surface area (Å²) in [5.74, 6) is 0. The van der Waals surface area contributed by atoms with E-state index in [2.05, 4.69) is 78.3 Å². The summed E-state index contributed by atoms with van der Waals surface area (Å²) in [5, 5.41) is 8.12.